The summed E-state index contributed by atoms with van der Waals surface area (Å²) in [5.74, 6) is 1.96. The maximum Gasteiger partial charge on any atom is 0.191 e. The molecule has 23 heavy (non-hydrogen) atoms. The van der Waals surface area contributed by atoms with Gasteiger partial charge in [-0.25, -0.2) is 13.4 Å². The van der Waals surface area contributed by atoms with E-state index in [2.05, 4.69) is 27.5 Å². The molecule has 0 saturated carbocycles. The van der Waals surface area contributed by atoms with E-state index in [4.69, 9.17) is 0 Å². The summed E-state index contributed by atoms with van der Waals surface area (Å²) in [6, 6.07) is 0. The van der Waals surface area contributed by atoms with Crippen LogP contribution in [0.1, 0.15) is 42.2 Å². The van der Waals surface area contributed by atoms with Crippen LogP contribution in [0.2, 0.25) is 0 Å². The quantitative estimate of drug-likeness (QED) is 0.725. The minimum Gasteiger partial charge on any atom is -0.309 e. The molecule has 6 nitrogen and oxygen atoms in total. The van der Waals surface area contributed by atoms with Crippen LogP contribution in [0.25, 0.3) is 0 Å². The smallest absolute Gasteiger partial charge is 0.191 e. The Morgan fingerprint density at radius 1 is 1.43 bits per heavy atom. The first-order chi connectivity index (χ1) is 11.0. The van der Waals surface area contributed by atoms with Crippen LogP contribution in [-0.4, -0.2) is 39.7 Å². The van der Waals surface area contributed by atoms with Gasteiger partial charge in [0.1, 0.15) is 5.82 Å². The highest BCUT2D eigenvalue weighted by Crippen LogP contribution is 2.30. The number of nitrogens with zero attached hydrogens (tertiary/aromatic N) is 4. The van der Waals surface area contributed by atoms with Crippen molar-refractivity contribution in [1.29, 1.82) is 0 Å². The van der Waals surface area contributed by atoms with Gasteiger partial charge in [0, 0.05) is 24.1 Å². The van der Waals surface area contributed by atoms with Gasteiger partial charge in [-0.3, -0.25) is 0 Å². The van der Waals surface area contributed by atoms with Crippen LogP contribution in [0.5, 0.6) is 0 Å². The maximum atomic E-state index is 11.6. The van der Waals surface area contributed by atoms with Crippen molar-refractivity contribution in [1.82, 2.24) is 19.7 Å². The average Bonchev–Trinajstić information content (AvgIpc) is 3.17. The van der Waals surface area contributed by atoms with Gasteiger partial charge in [-0.2, -0.15) is 0 Å². The van der Waals surface area contributed by atoms with Crippen molar-refractivity contribution in [2.75, 3.05) is 11.5 Å². The van der Waals surface area contributed by atoms with Gasteiger partial charge >= 0.3 is 0 Å². The summed E-state index contributed by atoms with van der Waals surface area (Å²) in [5, 5.41) is 12.5. The Labute approximate surface area is 144 Å². The molecule has 3 heterocycles. The van der Waals surface area contributed by atoms with Crippen LogP contribution in [0.4, 0.5) is 0 Å². The number of thioether (sulfide) groups is 1. The highest BCUT2D eigenvalue weighted by molar-refractivity contribution is 7.98. The van der Waals surface area contributed by atoms with Crippen molar-refractivity contribution < 1.29 is 8.42 Å². The Balaban J connectivity index is 1.65. The molecule has 0 aromatic carbocycles. The van der Waals surface area contributed by atoms with E-state index in [0.29, 0.717) is 6.42 Å². The highest BCUT2D eigenvalue weighted by Gasteiger charge is 2.32. The van der Waals surface area contributed by atoms with Gasteiger partial charge in [-0.1, -0.05) is 18.7 Å². The van der Waals surface area contributed by atoms with Crippen molar-refractivity contribution in [3.8, 4) is 0 Å². The number of aromatic nitrogens is 4. The molecule has 2 aromatic rings. The second kappa shape index (κ2) is 6.90. The number of aryl methyl sites for hydroxylation is 1. The van der Waals surface area contributed by atoms with Crippen LogP contribution in [0, 0.1) is 0 Å². The molecule has 0 amide bonds. The fourth-order valence-corrected chi connectivity index (χ4v) is 6.24. The molecule has 1 fully saturated rings. The first kappa shape index (κ1) is 16.9. The number of thiazole rings is 1. The predicted octanol–water partition coefficient (Wildman–Crippen LogP) is 2.42. The summed E-state index contributed by atoms with van der Waals surface area (Å²) in [7, 11) is -0.997. The maximum absolute atomic E-state index is 11.6. The van der Waals surface area contributed by atoms with Crippen LogP contribution in [-0.2, 0) is 29.1 Å². The molecule has 0 bridgehead atoms. The third-order valence-electron chi connectivity index (χ3n) is 3.88. The van der Waals surface area contributed by atoms with E-state index in [1.165, 1.54) is 5.01 Å². The third kappa shape index (κ3) is 3.95. The lowest BCUT2D eigenvalue weighted by Gasteiger charge is -2.07. The molecule has 0 radical (unpaired) electrons. The zero-order valence-electron chi connectivity index (χ0n) is 13.2. The molecular weight excluding hydrogens is 352 g/mol. The van der Waals surface area contributed by atoms with Crippen molar-refractivity contribution >= 4 is 32.9 Å². The lowest BCUT2D eigenvalue weighted by molar-refractivity contribution is 0.599. The highest BCUT2D eigenvalue weighted by atomic mass is 32.2. The fourth-order valence-electron chi connectivity index (χ4n) is 2.69. The number of sulfone groups is 1. The standard InChI is InChI=1S/C14H20N4O2S3/c1-3-4-12-15-11(7-21-12)8-22-14-17-16-13(18(14)2)10-5-6-23(19,20)9-10/h7,10H,3-6,8-9H2,1-2H3. The van der Waals surface area contributed by atoms with E-state index < -0.39 is 9.84 Å². The fraction of sp³-hybridized carbons (Fsp3) is 0.643. The van der Waals surface area contributed by atoms with Crippen molar-refractivity contribution in [2.24, 2.45) is 7.05 Å². The molecule has 1 unspecified atom stereocenters. The Morgan fingerprint density at radius 3 is 2.96 bits per heavy atom. The Kier molecular flexibility index (Phi) is 5.07. The number of hydrogen-bond donors (Lipinski definition) is 0. The molecule has 1 atom stereocenters. The summed E-state index contributed by atoms with van der Waals surface area (Å²) in [6.45, 7) is 2.15. The molecule has 3 rings (SSSR count). The van der Waals surface area contributed by atoms with E-state index >= 15 is 0 Å². The predicted molar refractivity (Wildman–Crippen MR) is 92.7 cm³/mol. The van der Waals surface area contributed by atoms with E-state index in [1.807, 2.05) is 11.6 Å². The SMILES string of the molecule is CCCc1nc(CSc2nnc(C3CCS(=O)(=O)C3)n2C)cs1. The van der Waals surface area contributed by atoms with Crippen molar-refractivity contribution in [2.45, 2.75) is 43.0 Å². The zero-order valence-corrected chi connectivity index (χ0v) is 15.7. The molecule has 9 heteroatoms. The second-order valence-electron chi connectivity index (χ2n) is 5.77. The molecule has 2 aromatic heterocycles. The van der Waals surface area contributed by atoms with Gasteiger partial charge in [0.05, 0.1) is 22.2 Å². The lowest BCUT2D eigenvalue weighted by atomic mass is 10.1. The summed E-state index contributed by atoms with van der Waals surface area (Å²) in [4.78, 5) is 4.61. The normalized spacial score (nSPS) is 20.2. The molecule has 0 aliphatic carbocycles. The third-order valence-corrected chi connectivity index (χ3v) is 7.66. The van der Waals surface area contributed by atoms with E-state index in [0.717, 1.165) is 35.3 Å². The average molecular weight is 373 g/mol. The molecule has 1 aliphatic rings. The molecule has 0 spiro atoms. The minimum atomic E-state index is -2.91. The van der Waals surface area contributed by atoms with Crippen molar-refractivity contribution in [3.63, 3.8) is 0 Å². The first-order valence-corrected chi connectivity index (χ1v) is 11.3. The summed E-state index contributed by atoms with van der Waals surface area (Å²) < 4.78 is 25.2. The van der Waals surface area contributed by atoms with E-state index in [1.54, 1.807) is 23.1 Å². The van der Waals surface area contributed by atoms with Gasteiger partial charge in [0.2, 0.25) is 0 Å². The van der Waals surface area contributed by atoms with E-state index in [9.17, 15) is 8.42 Å². The van der Waals surface area contributed by atoms with Gasteiger partial charge in [0.15, 0.2) is 15.0 Å². The van der Waals surface area contributed by atoms with E-state index in [-0.39, 0.29) is 17.4 Å². The van der Waals surface area contributed by atoms with Gasteiger partial charge in [-0.05, 0) is 19.3 Å². The topological polar surface area (TPSA) is 77.7 Å². The molecule has 0 N–H and O–H groups in total. The lowest BCUT2D eigenvalue weighted by Crippen LogP contribution is -2.09. The van der Waals surface area contributed by atoms with Gasteiger partial charge in [-0.15, -0.1) is 21.5 Å². The number of hydrogen-bond acceptors (Lipinski definition) is 7. The molecule has 126 valence electrons. The van der Waals surface area contributed by atoms with Crippen LogP contribution in [0.3, 0.4) is 0 Å². The molecule has 1 aliphatic heterocycles. The summed E-state index contributed by atoms with van der Waals surface area (Å²) in [6.07, 6.45) is 2.78. The first-order valence-electron chi connectivity index (χ1n) is 7.64. The van der Waals surface area contributed by atoms with Gasteiger partial charge in [0.25, 0.3) is 0 Å². The second-order valence-corrected chi connectivity index (χ2v) is 9.88. The monoisotopic (exact) mass is 372 g/mol. The largest absolute Gasteiger partial charge is 0.309 e. The van der Waals surface area contributed by atoms with Crippen LogP contribution >= 0.6 is 23.1 Å². The van der Waals surface area contributed by atoms with Gasteiger partial charge < -0.3 is 4.57 Å². The van der Waals surface area contributed by atoms with Crippen LogP contribution in [0.15, 0.2) is 10.5 Å². The zero-order chi connectivity index (χ0) is 16.4. The Morgan fingerprint density at radius 2 is 2.26 bits per heavy atom. The summed E-state index contributed by atoms with van der Waals surface area (Å²) >= 11 is 3.30. The van der Waals surface area contributed by atoms with Crippen molar-refractivity contribution in [3.05, 3.63) is 21.9 Å². The molecule has 1 saturated heterocycles. The van der Waals surface area contributed by atoms with Crippen LogP contribution < -0.4 is 0 Å². The Bertz CT molecular complexity index is 782. The minimum absolute atomic E-state index is 0.0257. The number of rotatable bonds is 6. The Hall–Kier alpha value is -0.930. The summed E-state index contributed by atoms with van der Waals surface area (Å²) in [5.41, 5.74) is 1.07. The molecular formula is C14H20N4O2S3.